The van der Waals surface area contributed by atoms with Crippen LogP contribution in [0, 0.1) is 11.8 Å². The van der Waals surface area contributed by atoms with Crippen molar-refractivity contribution in [2.45, 2.75) is 31.4 Å². The number of hydrogen-bond acceptors (Lipinski definition) is 5. The molecule has 0 radical (unpaired) electrons. The van der Waals surface area contributed by atoms with Crippen molar-refractivity contribution in [1.29, 1.82) is 0 Å². The molecule has 0 saturated heterocycles. The van der Waals surface area contributed by atoms with Gasteiger partial charge in [-0.1, -0.05) is 36.1 Å². The summed E-state index contributed by atoms with van der Waals surface area (Å²) < 4.78 is 29.4. The van der Waals surface area contributed by atoms with Crippen LogP contribution in [0.2, 0.25) is 0 Å². The van der Waals surface area contributed by atoms with Gasteiger partial charge in [-0.25, -0.2) is 4.99 Å². The first kappa shape index (κ1) is 22.2. The van der Waals surface area contributed by atoms with Crippen LogP contribution >= 0.6 is 0 Å². The maximum absolute atomic E-state index is 13.3. The molecule has 2 aromatic rings. The van der Waals surface area contributed by atoms with Gasteiger partial charge in [-0.05, 0) is 48.2 Å². The van der Waals surface area contributed by atoms with Gasteiger partial charge in [-0.3, -0.25) is 9.69 Å². The van der Waals surface area contributed by atoms with Gasteiger partial charge in [0.25, 0.3) is 5.91 Å². The van der Waals surface area contributed by atoms with Crippen LogP contribution in [0.25, 0.3) is 0 Å². The van der Waals surface area contributed by atoms with Crippen LogP contribution in [0.1, 0.15) is 36.0 Å². The van der Waals surface area contributed by atoms with Crippen LogP contribution in [0.5, 0.6) is 5.75 Å². The molecule has 0 unspecified atom stereocenters. The Labute approximate surface area is 179 Å². The number of unbranched alkanes of at least 4 members (excludes halogenated alkanes) is 2. The summed E-state index contributed by atoms with van der Waals surface area (Å²) in [6.07, 6.45) is 2.14. The molecular formula is C23H23F2N3O3. The van der Waals surface area contributed by atoms with Gasteiger partial charge < -0.3 is 15.6 Å². The van der Waals surface area contributed by atoms with Crippen LogP contribution in [-0.2, 0) is 10.3 Å². The number of halogens is 2. The van der Waals surface area contributed by atoms with E-state index in [4.69, 9.17) is 10.8 Å². The van der Waals surface area contributed by atoms with E-state index in [1.165, 1.54) is 36.2 Å². The number of likely N-dealkylation sites (N-methyl/N-ethyl adjacent to an activating group) is 1. The number of aliphatic hydroxyl groups is 1. The molecule has 1 aliphatic rings. The molecule has 1 heterocycles. The van der Waals surface area contributed by atoms with E-state index < -0.39 is 12.2 Å². The molecule has 3 N–H and O–H groups in total. The lowest BCUT2D eigenvalue weighted by Crippen LogP contribution is -2.41. The van der Waals surface area contributed by atoms with Gasteiger partial charge in [0.1, 0.15) is 5.75 Å². The average Bonchev–Trinajstić information content (AvgIpc) is 2.99. The van der Waals surface area contributed by atoms with Crippen molar-refractivity contribution in [2.75, 3.05) is 13.7 Å². The molecule has 31 heavy (non-hydrogen) atoms. The Balaban J connectivity index is 2.02. The Bertz CT molecular complexity index is 1030. The van der Waals surface area contributed by atoms with E-state index in [0.29, 0.717) is 29.5 Å². The van der Waals surface area contributed by atoms with E-state index in [1.807, 2.05) is 6.07 Å². The number of aliphatic imine (C=N–C) groups is 1. The smallest absolute Gasteiger partial charge is 0.387 e. The van der Waals surface area contributed by atoms with E-state index >= 15 is 0 Å². The molecule has 0 fully saturated rings. The minimum Gasteiger partial charge on any atom is -0.435 e. The highest BCUT2D eigenvalue weighted by Crippen LogP contribution is 2.40. The van der Waals surface area contributed by atoms with Crippen molar-refractivity contribution in [3.8, 4) is 17.6 Å². The van der Waals surface area contributed by atoms with Gasteiger partial charge in [0.05, 0.1) is 0 Å². The zero-order chi connectivity index (χ0) is 22.4. The Hall–Kier alpha value is -3.44. The molecule has 162 valence electrons. The summed E-state index contributed by atoms with van der Waals surface area (Å²) in [6.45, 7) is -2.81. The number of aliphatic hydroxyl groups excluding tert-OH is 1. The second kappa shape index (κ2) is 9.58. The monoisotopic (exact) mass is 427 g/mol. The van der Waals surface area contributed by atoms with Crippen LogP contribution in [0.15, 0.2) is 53.5 Å². The normalized spacial score (nSPS) is 18.0. The predicted molar refractivity (Wildman–Crippen MR) is 113 cm³/mol. The number of carbonyl (C=O) groups is 1. The van der Waals surface area contributed by atoms with Crippen molar-refractivity contribution in [3.05, 3.63) is 65.2 Å². The predicted octanol–water partition coefficient (Wildman–Crippen LogP) is 2.83. The first-order valence-electron chi connectivity index (χ1n) is 9.77. The van der Waals surface area contributed by atoms with Crippen LogP contribution < -0.4 is 10.5 Å². The highest BCUT2D eigenvalue weighted by molar-refractivity contribution is 6.08. The number of amides is 1. The largest absolute Gasteiger partial charge is 0.435 e. The quantitative estimate of drug-likeness (QED) is 0.525. The maximum Gasteiger partial charge on any atom is 0.387 e. The first-order valence-corrected chi connectivity index (χ1v) is 9.77. The van der Waals surface area contributed by atoms with Gasteiger partial charge in [0.15, 0.2) is 11.5 Å². The van der Waals surface area contributed by atoms with Crippen LogP contribution in [-0.4, -0.2) is 42.1 Å². The van der Waals surface area contributed by atoms with E-state index in [-0.39, 0.29) is 24.2 Å². The fraction of sp³-hybridized carbons (Fsp3) is 0.304. The lowest BCUT2D eigenvalue weighted by atomic mass is 9.82. The van der Waals surface area contributed by atoms with Gasteiger partial charge in [-0.2, -0.15) is 8.78 Å². The Morgan fingerprint density at radius 3 is 2.55 bits per heavy atom. The fourth-order valence-corrected chi connectivity index (χ4v) is 3.37. The molecule has 1 atom stereocenters. The Morgan fingerprint density at radius 1 is 1.19 bits per heavy atom. The number of benzene rings is 2. The van der Waals surface area contributed by atoms with Crippen molar-refractivity contribution in [1.82, 2.24) is 4.90 Å². The molecule has 0 bridgehead atoms. The van der Waals surface area contributed by atoms with E-state index in [0.717, 1.165) is 6.42 Å². The molecule has 0 aromatic heterocycles. The lowest BCUT2D eigenvalue weighted by molar-refractivity contribution is -0.129. The second-order valence-corrected chi connectivity index (χ2v) is 7.01. The van der Waals surface area contributed by atoms with Crippen molar-refractivity contribution >= 4 is 11.9 Å². The number of carbonyl (C=O) groups excluding carboxylic acids is 1. The number of hydrogen-bond donors (Lipinski definition) is 2. The van der Waals surface area contributed by atoms with Gasteiger partial charge in [0.2, 0.25) is 0 Å². The molecule has 3 rings (SSSR count). The SMILES string of the molecule is CN1C(=O)[C@@](c2ccc(OC(F)F)cc2)(c2cccc(C#CCCCCO)c2)N=C1N. The summed E-state index contributed by atoms with van der Waals surface area (Å²) in [5.41, 5.74) is 6.25. The molecule has 8 heteroatoms. The highest BCUT2D eigenvalue weighted by Gasteiger charge is 2.49. The number of alkyl halides is 2. The van der Waals surface area contributed by atoms with E-state index in [1.54, 1.807) is 18.2 Å². The van der Waals surface area contributed by atoms with Crippen molar-refractivity contribution < 1.29 is 23.4 Å². The molecule has 0 aliphatic carbocycles. The number of rotatable bonds is 7. The molecule has 1 aliphatic heterocycles. The Morgan fingerprint density at radius 2 is 1.94 bits per heavy atom. The molecule has 6 nitrogen and oxygen atoms in total. The fourth-order valence-electron chi connectivity index (χ4n) is 3.37. The third-order valence-corrected chi connectivity index (χ3v) is 4.96. The third-order valence-electron chi connectivity index (χ3n) is 4.96. The molecule has 2 aromatic carbocycles. The topological polar surface area (TPSA) is 88.2 Å². The Kier molecular flexibility index (Phi) is 6.88. The van der Waals surface area contributed by atoms with E-state index in [2.05, 4.69) is 21.6 Å². The van der Waals surface area contributed by atoms with Gasteiger partial charge in [-0.15, -0.1) is 0 Å². The van der Waals surface area contributed by atoms with E-state index in [9.17, 15) is 13.6 Å². The number of guanidine groups is 1. The number of ether oxygens (including phenoxy) is 1. The summed E-state index contributed by atoms with van der Waals surface area (Å²) in [5, 5.41) is 8.85. The van der Waals surface area contributed by atoms with Gasteiger partial charge >= 0.3 is 6.61 Å². The molecule has 0 spiro atoms. The van der Waals surface area contributed by atoms with Crippen LogP contribution in [0.3, 0.4) is 0 Å². The zero-order valence-electron chi connectivity index (χ0n) is 17.0. The second-order valence-electron chi connectivity index (χ2n) is 7.01. The van der Waals surface area contributed by atoms with Crippen molar-refractivity contribution in [3.63, 3.8) is 0 Å². The minimum atomic E-state index is -2.94. The maximum atomic E-state index is 13.3. The average molecular weight is 427 g/mol. The number of nitrogens with two attached hydrogens (primary N) is 1. The zero-order valence-corrected chi connectivity index (χ0v) is 17.0. The number of nitrogens with zero attached hydrogens (tertiary/aromatic N) is 2. The minimum absolute atomic E-state index is 0.0212. The summed E-state index contributed by atoms with van der Waals surface area (Å²) in [7, 11) is 1.53. The summed E-state index contributed by atoms with van der Waals surface area (Å²) in [5.74, 6) is 5.79. The first-order chi connectivity index (χ1) is 14.9. The molecule has 1 amide bonds. The molecular weight excluding hydrogens is 404 g/mol. The summed E-state index contributed by atoms with van der Waals surface area (Å²) in [6, 6.07) is 12.9. The standard InChI is InChI=1S/C23H23F2N3O3/c1-28-20(30)23(27-22(28)26,17-10-12-19(13-11-17)31-21(24)25)18-9-6-8-16(15-18)7-4-2-3-5-14-29/h6,8-13,15,21,29H,2-3,5,14H2,1H3,(H2,26,27)/t23-/m1/s1. The molecule has 0 saturated carbocycles. The van der Waals surface area contributed by atoms with Gasteiger partial charge in [0, 0.05) is 25.6 Å². The van der Waals surface area contributed by atoms with Crippen molar-refractivity contribution in [2.24, 2.45) is 10.7 Å². The summed E-state index contributed by atoms with van der Waals surface area (Å²) >= 11 is 0. The highest BCUT2D eigenvalue weighted by atomic mass is 19.3. The summed E-state index contributed by atoms with van der Waals surface area (Å²) in [4.78, 5) is 19.0. The third kappa shape index (κ3) is 4.67. The van der Waals surface area contributed by atoms with Crippen LogP contribution in [0.4, 0.5) is 8.78 Å². The lowest BCUT2D eigenvalue weighted by Gasteiger charge is -2.26.